The van der Waals surface area contributed by atoms with Crippen LogP contribution in [0.4, 0.5) is 13.2 Å². The number of piperazine rings is 1. The molecule has 0 bridgehead atoms. The molecule has 1 saturated carbocycles. The normalized spacial score (nSPS) is 23.3. The van der Waals surface area contributed by atoms with Gasteiger partial charge in [0.2, 0.25) is 15.9 Å². The predicted molar refractivity (Wildman–Crippen MR) is 134 cm³/mol. The number of aromatic amines is 1. The fraction of sp³-hybridized carbons (Fsp3) is 0.423. The number of aromatic nitrogens is 1. The molecule has 198 valence electrons. The van der Waals surface area contributed by atoms with Gasteiger partial charge in [-0.05, 0) is 49.4 Å². The number of amides is 1. The summed E-state index contributed by atoms with van der Waals surface area (Å²) in [5, 5.41) is 3.32. The first-order valence-corrected chi connectivity index (χ1v) is 13.9. The van der Waals surface area contributed by atoms with Crippen molar-refractivity contribution in [2.45, 2.75) is 48.8 Å². The number of nitrogens with zero attached hydrogens (tertiary/aromatic N) is 1. The lowest BCUT2D eigenvalue weighted by molar-refractivity contribution is -0.169. The van der Waals surface area contributed by atoms with Crippen molar-refractivity contribution in [1.29, 1.82) is 0 Å². The van der Waals surface area contributed by atoms with E-state index in [-0.39, 0.29) is 42.4 Å². The number of hydrogen-bond donors (Lipinski definition) is 3. The van der Waals surface area contributed by atoms with E-state index in [0.717, 1.165) is 16.6 Å². The number of halogens is 3. The first-order chi connectivity index (χ1) is 17.6. The number of sulfonamides is 1. The molecule has 3 N–H and O–H groups in total. The third-order valence-electron chi connectivity index (χ3n) is 7.27. The van der Waals surface area contributed by atoms with Crippen LogP contribution in [0.25, 0.3) is 22.2 Å². The van der Waals surface area contributed by atoms with Crippen molar-refractivity contribution < 1.29 is 26.4 Å². The van der Waals surface area contributed by atoms with Gasteiger partial charge in [-0.15, -0.1) is 0 Å². The first-order valence-electron chi connectivity index (χ1n) is 12.4. The van der Waals surface area contributed by atoms with Crippen molar-refractivity contribution in [2.24, 2.45) is 5.92 Å². The summed E-state index contributed by atoms with van der Waals surface area (Å²) in [5.41, 5.74) is 2.61. The molecule has 0 radical (unpaired) electrons. The topological polar surface area (TPSA) is 94.3 Å². The number of rotatable bonds is 5. The van der Waals surface area contributed by atoms with Gasteiger partial charge in [0.05, 0.1) is 4.90 Å². The van der Waals surface area contributed by atoms with Gasteiger partial charge in [-0.3, -0.25) is 4.79 Å². The van der Waals surface area contributed by atoms with Gasteiger partial charge in [0.25, 0.3) is 0 Å². The summed E-state index contributed by atoms with van der Waals surface area (Å²) in [5.74, 6) is -0.664. The maximum absolute atomic E-state index is 13.1. The SMILES string of the molecule is O=C(C1CCC(NS(=O)(=O)c2ccc3cc(-c4ccccc4)[nH]c3c2)CC1)N1CCNC(C(F)(F)F)C1. The molecular weight excluding hydrogens is 505 g/mol. The third kappa shape index (κ3) is 5.68. The zero-order valence-corrected chi connectivity index (χ0v) is 20.9. The maximum atomic E-state index is 13.1. The highest BCUT2D eigenvalue weighted by Crippen LogP contribution is 2.30. The van der Waals surface area contributed by atoms with Crippen LogP contribution in [0, 0.1) is 5.92 Å². The van der Waals surface area contributed by atoms with Crippen LogP contribution in [0.2, 0.25) is 0 Å². The number of alkyl halides is 3. The summed E-state index contributed by atoms with van der Waals surface area (Å²) < 4.78 is 68.2. The molecular formula is C26H29F3N4O3S. The van der Waals surface area contributed by atoms with E-state index in [1.54, 1.807) is 18.2 Å². The largest absolute Gasteiger partial charge is 0.405 e. The fourth-order valence-electron chi connectivity index (χ4n) is 5.22. The zero-order valence-electron chi connectivity index (χ0n) is 20.1. The number of benzene rings is 2. The maximum Gasteiger partial charge on any atom is 0.405 e. The minimum atomic E-state index is -4.40. The van der Waals surface area contributed by atoms with Crippen LogP contribution in [0.3, 0.4) is 0 Å². The van der Waals surface area contributed by atoms with Crippen LogP contribution in [0.15, 0.2) is 59.5 Å². The molecule has 1 aliphatic carbocycles. The van der Waals surface area contributed by atoms with E-state index in [9.17, 15) is 26.4 Å². The van der Waals surface area contributed by atoms with Crippen molar-refractivity contribution in [1.82, 2.24) is 19.9 Å². The Morgan fingerprint density at radius 1 is 1.00 bits per heavy atom. The van der Waals surface area contributed by atoms with Crippen LogP contribution >= 0.6 is 0 Å². The Morgan fingerprint density at radius 3 is 2.43 bits per heavy atom. The van der Waals surface area contributed by atoms with E-state index in [0.29, 0.717) is 31.2 Å². The van der Waals surface area contributed by atoms with Crippen molar-refractivity contribution in [3.05, 3.63) is 54.6 Å². The lowest BCUT2D eigenvalue weighted by Gasteiger charge is -2.38. The van der Waals surface area contributed by atoms with Crippen LogP contribution in [0.5, 0.6) is 0 Å². The Kier molecular flexibility index (Phi) is 7.03. The molecule has 2 heterocycles. The van der Waals surface area contributed by atoms with E-state index in [2.05, 4.69) is 15.0 Å². The number of carbonyl (C=O) groups is 1. The molecule has 3 aromatic rings. The number of hydrogen-bond acceptors (Lipinski definition) is 4. The van der Waals surface area contributed by atoms with Crippen LogP contribution in [-0.4, -0.2) is 62.1 Å². The molecule has 2 aliphatic rings. The molecule has 1 atom stereocenters. The fourth-order valence-corrected chi connectivity index (χ4v) is 6.55. The van der Waals surface area contributed by atoms with E-state index in [1.807, 2.05) is 36.4 Å². The number of fused-ring (bicyclic) bond motifs is 1. The van der Waals surface area contributed by atoms with Crippen LogP contribution in [0.1, 0.15) is 25.7 Å². The summed E-state index contributed by atoms with van der Waals surface area (Å²) in [7, 11) is -3.79. The molecule has 1 amide bonds. The quantitative estimate of drug-likeness (QED) is 0.461. The third-order valence-corrected chi connectivity index (χ3v) is 8.79. The van der Waals surface area contributed by atoms with E-state index in [4.69, 9.17) is 0 Å². The second kappa shape index (κ2) is 10.1. The number of carbonyl (C=O) groups excluding carboxylic acids is 1. The second-order valence-electron chi connectivity index (χ2n) is 9.80. The van der Waals surface area contributed by atoms with Gasteiger partial charge in [0.15, 0.2) is 0 Å². The van der Waals surface area contributed by atoms with Gasteiger partial charge in [-0.1, -0.05) is 36.4 Å². The van der Waals surface area contributed by atoms with Crippen LogP contribution < -0.4 is 10.0 Å². The molecule has 1 aliphatic heterocycles. The molecule has 2 fully saturated rings. The summed E-state index contributed by atoms with van der Waals surface area (Å²) in [6, 6.07) is 14.6. The molecule has 1 unspecified atom stereocenters. The number of nitrogens with one attached hydrogen (secondary N) is 3. The highest BCUT2D eigenvalue weighted by atomic mass is 32.2. The molecule has 7 nitrogen and oxygen atoms in total. The van der Waals surface area contributed by atoms with Gasteiger partial charge >= 0.3 is 6.18 Å². The second-order valence-corrected chi connectivity index (χ2v) is 11.5. The van der Waals surface area contributed by atoms with E-state index >= 15 is 0 Å². The van der Waals surface area contributed by atoms with Crippen molar-refractivity contribution >= 4 is 26.8 Å². The molecule has 1 saturated heterocycles. The van der Waals surface area contributed by atoms with Gasteiger partial charge < -0.3 is 15.2 Å². The van der Waals surface area contributed by atoms with Gasteiger partial charge in [0, 0.05) is 48.2 Å². The number of H-pyrrole nitrogens is 1. The monoisotopic (exact) mass is 534 g/mol. The minimum Gasteiger partial charge on any atom is -0.354 e. The Balaban J connectivity index is 1.20. The summed E-state index contributed by atoms with van der Waals surface area (Å²) in [6.45, 7) is -0.0453. The molecule has 5 rings (SSSR count). The lowest BCUT2D eigenvalue weighted by atomic mass is 9.85. The standard InChI is InChI=1S/C26H29F3N4O3S/c27-26(28,29)24-16-33(13-12-30-24)25(34)18-6-9-20(10-7-18)32-37(35,36)21-11-8-19-14-22(31-23(19)15-21)17-4-2-1-3-5-17/h1-5,8,11,14-15,18,20,24,30-32H,6-7,9-10,12-13,16H2. The van der Waals surface area contributed by atoms with Gasteiger partial charge in [0.1, 0.15) is 6.04 Å². The van der Waals surface area contributed by atoms with E-state index < -0.39 is 22.2 Å². The molecule has 11 heteroatoms. The first kappa shape index (κ1) is 25.7. The van der Waals surface area contributed by atoms with Crippen LogP contribution in [-0.2, 0) is 14.8 Å². The minimum absolute atomic E-state index is 0.100. The van der Waals surface area contributed by atoms with Crippen molar-refractivity contribution in [3.63, 3.8) is 0 Å². The Bertz CT molecular complexity index is 1370. The zero-order chi connectivity index (χ0) is 26.2. The predicted octanol–water partition coefficient (Wildman–Crippen LogP) is 4.03. The average Bonchev–Trinajstić information content (AvgIpc) is 3.32. The molecule has 0 spiro atoms. The Morgan fingerprint density at radius 2 is 1.73 bits per heavy atom. The summed E-state index contributed by atoms with van der Waals surface area (Å²) in [6.07, 6.45) is -2.63. The van der Waals surface area contributed by atoms with Crippen molar-refractivity contribution in [3.8, 4) is 11.3 Å². The highest BCUT2D eigenvalue weighted by Gasteiger charge is 2.43. The Hall–Kier alpha value is -2.89. The van der Waals surface area contributed by atoms with E-state index in [1.165, 1.54) is 4.90 Å². The molecule has 37 heavy (non-hydrogen) atoms. The summed E-state index contributed by atoms with van der Waals surface area (Å²) in [4.78, 5) is 17.6. The average molecular weight is 535 g/mol. The highest BCUT2D eigenvalue weighted by molar-refractivity contribution is 7.89. The van der Waals surface area contributed by atoms with Crippen molar-refractivity contribution in [2.75, 3.05) is 19.6 Å². The van der Waals surface area contributed by atoms with Gasteiger partial charge in [-0.25, -0.2) is 13.1 Å². The molecule has 1 aromatic heterocycles. The Labute approximate surface area is 213 Å². The van der Waals surface area contributed by atoms with Gasteiger partial charge in [-0.2, -0.15) is 13.2 Å². The molecule has 2 aromatic carbocycles. The summed E-state index contributed by atoms with van der Waals surface area (Å²) >= 11 is 0. The lowest BCUT2D eigenvalue weighted by Crippen LogP contribution is -2.59. The smallest absolute Gasteiger partial charge is 0.354 e.